The van der Waals surface area contributed by atoms with E-state index in [1.165, 1.54) is 43.5 Å². The van der Waals surface area contributed by atoms with Crippen molar-refractivity contribution in [2.75, 3.05) is 10.2 Å². The van der Waals surface area contributed by atoms with Crippen molar-refractivity contribution in [2.24, 2.45) is 0 Å². The molecule has 0 fully saturated rings. The number of nitrogens with one attached hydrogen (secondary N) is 1. The Labute approximate surface area is 175 Å². The molecule has 0 atom stereocenters. The number of benzene rings is 2. The minimum atomic E-state index is -0.948. The number of amides is 2. The zero-order valence-corrected chi connectivity index (χ0v) is 16.4. The topological polar surface area (TPSA) is 62.3 Å². The van der Waals surface area contributed by atoms with Crippen LogP contribution in [0.5, 0.6) is 0 Å². The second kappa shape index (κ2) is 8.96. The lowest BCUT2D eigenvalue weighted by Gasteiger charge is -2.21. The molecule has 5 nitrogen and oxygen atoms in total. The maximum Gasteiger partial charge on any atom is 0.229 e. The van der Waals surface area contributed by atoms with Crippen molar-refractivity contribution in [2.45, 2.75) is 13.3 Å². The van der Waals surface area contributed by atoms with Gasteiger partial charge in [-0.25, -0.2) is 18.2 Å². The van der Waals surface area contributed by atoms with Gasteiger partial charge in [0.05, 0.1) is 12.1 Å². The minimum Gasteiger partial charge on any atom is -0.326 e. The van der Waals surface area contributed by atoms with Crippen LogP contribution in [0.3, 0.4) is 0 Å². The molecule has 1 N–H and O–H groups in total. The van der Waals surface area contributed by atoms with Crippen LogP contribution in [0.1, 0.15) is 12.5 Å². The average molecular weight is 434 g/mol. The fraction of sp³-hybridized carbons (Fsp3) is 0.0952. The predicted molar refractivity (Wildman–Crippen MR) is 107 cm³/mol. The normalized spacial score (nSPS) is 10.6. The molecule has 1 aromatic heterocycles. The fourth-order valence-electron chi connectivity index (χ4n) is 2.80. The third kappa shape index (κ3) is 4.77. The predicted octanol–water partition coefficient (Wildman–Crippen LogP) is 5.02. The third-order valence-electron chi connectivity index (χ3n) is 4.12. The van der Waals surface area contributed by atoms with E-state index in [1.54, 1.807) is 0 Å². The molecule has 9 heteroatoms. The lowest BCUT2D eigenvalue weighted by Crippen LogP contribution is -2.25. The second-order valence-corrected chi connectivity index (χ2v) is 6.69. The number of carbonyl (C=O) groups excluding carboxylic acids is 2. The molecule has 0 aliphatic heterocycles. The molecule has 1 heterocycles. The Bertz CT molecular complexity index is 1100. The van der Waals surface area contributed by atoms with Crippen LogP contribution in [0.2, 0.25) is 5.02 Å². The van der Waals surface area contributed by atoms with E-state index in [4.69, 9.17) is 11.6 Å². The fourth-order valence-corrected chi connectivity index (χ4v) is 3.03. The summed E-state index contributed by atoms with van der Waals surface area (Å²) >= 11 is 5.94. The Hall–Kier alpha value is -3.39. The number of nitrogens with zero attached hydrogens (tertiary/aromatic N) is 2. The van der Waals surface area contributed by atoms with Gasteiger partial charge in [-0.2, -0.15) is 0 Å². The Morgan fingerprint density at radius 3 is 2.50 bits per heavy atom. The molecule has 2 aromatic carbocycles. The molecule has 0 spiro atoms. The van der Waals surface area contributed by atoms with Gasteiger partial charge in [0.1, 0.15) is 23.3 Å². The van der Waals surface area contributed by atoms with Crippen LogP contribution >= 0.6 is 11.6 Å². The molecule has 0 saturated heterocycles. The molecule has 154 valence electrons. The zero-order chi connectivity index (χ0) is 21.8. The SMILES string of the molecule is CC(=O)N(c1cc(NC(=O)Cc2c(F)cccc2Cl)ccn1)c1ccc(F)cc1F. The summed E-state index contributed by atoms with van der Waals surface area (Å²) in [5, 5.41) is 2.68. The van der Waals surface area contributed by atoms with Gasteiger partial charge in [0.2, 0.25) is 11.8 Å². The van der Waals surface area contributed by atoms with E-state index in [1.807, 2.05) is 0 Å². The smallest absolute Gasteiger partial charge is 0.229 e. The Balaban J connectivity index is 1.85. The summed E-state index contributed by atoms with van der Waals surface area (Å²) < 4.78 is 41.3. The Morgan fingerprint density at radius 2 is 1.83 bits per heavy atom. The number of carbonyl (C=O) groups is 2. The Morgan fingerprint density at radius 1 is 1.07 bits per heavy atom. The van der Waals surface area contributed by atoms with Crippen LogP contribution < -0.4 is 10.2 Å². The molecule has 0 saturated carbocycles. The molecule has 0 aliphatic carbocycles. The van der Waals surface area contributed by atoms with Gasteiger partial charge in [-0.1, -0.05) is 17.7 Å². The van der Waals surface area contributed by atoms with E-state index < -0.39 is 29.3 Å². The van der Waals surface area contributed by atoms with E-state index in [-0.39, 0.29) is 34.2 Å². The van der Waals surface area contributed by atoms with Crippen molar-refractivity contribution >= 4 is 40.6 Å². The second-order valence-electron chi connectivity index (χ2n) is 6.28. The van der Waals surface area contributed by atoms with Crippen molar-refractivity contribution in [3.05, 3.63) is 82.8 Å². The van der Waals surface area contributed by atoms with Gasteiger partial charge in [-0.3, -0.25) is 14.5 Å². The van der Waals surface area contributed by atoms with Crippen LogP contribution in [0.4, 0.5) is 30.4 Å². The summed E-state index contributed by atoms with van der Waals surface area (Å²) in [6.07, 6.45) is 0.991. The molecule has 3 aromatic rings. The summed E-state index contributed by atoms with van der Waals surface area (Å²) in [6.45, 7) is 1.19. The van der Waals surface area contributed by atoms with Crippen LogP contribution in [0.15, 0.2) is 54.7 Å². The summed E-state index contributed by atoms with van der Waals surface area (Å²) in [7, 11) is 0. The minimum absolute atomic E-state index is 0.00901. The summed E-state index contributed by atoms with van der Waals surface area (Å²) in [5.74, 6) is -3.47. The van der Waals surface area contributed by atoms with Crippen LogP contribution in [0, 0.1) is 17.5 Å². The van der Waals surface area contributed by atoms with Crippen LogP contribution in [-0.4, -0.2) is 16.8 Å². The number of aromatic nitrogens is 1. The maximum atomic E-state index is 14.2. The van der Waals surface area contributed by atoms with Crippen molar-refractivity contribution < 1.29 is 22.8 Å². The van der Waals surface area contributed by atoms with Crippen molar-refractivity contribution in [1.82, 2.24) is 4.98 Å². The standard InChI is InChI=1S/C21H15ClF3N3O2/c1-12(29)28(19-6-5-13(23)9-18(19)25)20-10-14(7-8-26-20)27-21(30)11-15-16(22)3-2-4-17(15)24/h2-10H,11H2,1H3,(H,26,27,30). The number of hydrogen-bond acceptors (Lipinski definition) is 3. The van der Waals surface area contributed by atoms with E-state index >= 15 is 0 Å². The summed E-state index contributed by atoms with van der Waals surface area (Å²) in [5.41, 5.74) is 0.0916. The number of hydrogen-bond donors (Lipinski definition) is 1. The molecule has 0 aliphatic rings. The number of pyridine rings is 1. The Kier molecular flexibility index (Phi) is 6.37. The van der Waals surface area contributed by atoms with Crippen molar-refractivity contribution in [3.63, 3.8) is 0 Å². The van der Waals surface area contributed by atoms with E-state index in [0.29, 0.717) is 6.07 Å². The van der Waals surface area contributed by atoms with Crippen molar-refractivity contribution in [3.8, 4) is 0 Å². The first-order valence-electron chi connectivity index (χ1n) is 8.71. The van der Waals surface area contributed by atoms with Gasteiger partial charge >= 0.3 is 0 Å². The molecule has 2 amide bonds. The molecule has 0 unspecified atom stereocenters. The van der Waals surface area contributed by atoms with E-state index in [0.717, 1.165) is 17.0 Å². The monoisotopic (exact) mass is 433 g/mol. The van der Waals surface area contributed by atoms with Crippen LogP contribution in [0.25, 0.3) is 0 Å². The molecule has 0 bridgehead atoms. The van der Waals surface area contributed by atoms with Gasteiger partial charge in [0, 0.05) is 41.5 Å². The first kappa shape index (κ1) is 21.3. The van der Waals surface area contributed by atoms with Gasteiger partial charge in [-0.15, -0.1) is 0 Å². The third-order valence-corrected chi connectivity index (χ3v) is 4.48. The highest BCUT2D eigenvalue weighted by Gasteiger charge is 2.20. The lowest BCUT2D eigenvalue weighted by molar-refractivity contribution is -0.116. The van der Waals surface area contributed by atoms with Crippen LogP contribution in [-0.2, 0) is 16.0 Å². The molecule has 3 rings (SSSR count). The summed E-state index contributed by atoms with van der Waals surface area (Å²) in [6, 6.07) is 9.65. The largest absolute Gasteiger partial charge is 0.326 e. The number of rotatable bonds is 5. The first-order chi connectivity index (χ1) is 14.3. The average Bonchev–Trinajstić information content (AvgIpc) is 2.67. The van der Waals surface area contributed by atoms with Gasteiger partial charge in [0.25, 0.3) is 0 Å². The molecule has 30 heavy (non-hydrogen) atoms. The van der Waals surface area contributed by atoms with Gasteiger partial charge in [-0.05, 0) is 30.3 Å². The molecular weight excluding hydrogens is 419 g/mol. The zero-order valence-electron chi connectivity index (χ0n) is 15.6. The molecular formula is C21H15ClF3N3O2. The lowest BCUT2D eigenvalue weighted by atomic mass is 10.1. The number of halogens is 4. The highest BCUT2D eigenvalue weighted by Crippen LogP contribution is 2.29. The maximum absolute atomic E-state index is 14.2. The highest BCUT2D eigenvalue weighted by atomic mass is 35.5. The quantitative estimate of drug-likeness (QED) is 0.614. The van der Waals surface area contributed by atoms with Gasteiger partial charge < -0.3 is 5.32 Å². The number of anilines is 3. The summed E-state index contributed by atoms with van der Waals surface area (Å²) in [4.78, 5) is 29.4. The first-order valence-corrected chi connectivity index (χ1v) is 9.08. The highest BCUT2D eigenvalue weighted by molar-refractivity contribution is 6.31. The van der Waals surface area contributed by atoms with E-state index in [9.17, 15) is 22.8 Å². The molecule has 0 radical (unpaired) electrons. The van der Waals surface area contributed by atoms with Crippen molar-refractivity contribution in [1.29, 1.82) is 0 Å². The van der Waals surface area contributed by atoms with E-state index in [2.05, 4.69) is 10.3 Å². The van der Waals surface area contributed by atoms with Gasteiger partial charge in [0.15, 0.2) is 0 Å².